The highest BCUT2D eigenvalue weighted by Crippen LogP contribution is 1.82. The highest BCUT2D eigenvalue weighted by Gasteiger charge is 1.87. The maximum atomic E-state index is 9.84. The van der Waals surface area contributed by atoms with Crippen LogP contribution in [-0.4, -0.2) is 16.8 Å². The smallest absolute Gasteiger partial charge is 0.328 e. The number of carboxylic acid groups (broad SMARTS) is 1. The molecule has 3 heteroatoms. The fourth-order valence-corrected chi connectivity index (χ4v) is 0.290. The van der Waals surface area contributed by atoms with Crippen molar-refractivity contribution >= 4 is 11.7 Å². The first-order valence-electron chi connectivity index (χ1n) is 2.65. The maximum Gasteiger partial charge on any atom is 0.328 e. The molecule has 0 aromatic rings. The van der Waals surface area contributed by atoms with Crippen LogP contribution in [-0.2, 0) is 4.79 Å². The fourth-order valence-electron chi connectivity index (χ4n) is 0.290. The van der Waals surface area contributed by atoms with Crippen molar-refractivity contribution < 1.29 is 9.90 Å². The van der Waals surface area contributed by atoms with E-state index in [1.54, 1.807) is 6.92 Å². The molecule has 9 heavy (non-hydrogen) atoms. The van der Waals surface area contributed by atoms with Crippen molar-refractivity contribution in [2.24, 2.45) is 0 Å². The van der Waals surface area contributed by atoms with Crippen molar-refractivity contribution in [2.45, 2.75) is 13.3 Å². The topological polar surface area (TPSA) is 61.2 Å². The predicted octanol–water partition coefficient (Wildman–Crippen LogP) is 1.06. The van der Waals surface area contributed by atoms with E-state index in [9.17, 15) is 4.79 Å². The molecule has 0 heterocycles. The number of nitrogens with one attached hydrogen (secondary N) is 1. The lowest BCUT2D eigenvalue weighted by molar-refractivity contribution is -0.131. The van der Waals surface area contributed by atoms with E-state index in [-0.39, 0.29) is 0 Å². The standard InChI is InChI=1S/C6H9NO2/c1-2-5(7)3-4-6(8)9/h3-4,7H,2H2,1H3,(H,8,9)/b4-3+,7-5?. The molecule has 2 N–H and O–H groups in total. The second-order valence-electron chi connectivity index (χ2n) is 1.55. The van der Waals surface area contributed by atoms with Crippen LogP contribution in [0.5, 0.6) is 0 Å². The van der Waals surface area contributed by atoms with E-state index in [0.717, 1.165) is 6.08 Å². The monoisotopic (exact) mass is 127 g/mol. The number of hydrogen-bond donors (Lipinski definition) is 2. The molecule has 0 amide bonds. The van der Waals surface area contributed by atoms with Gasteiger partial charge in [-0.1, -0.05) is 6.92 Å². The van der Waals surface area contributed by atoms with Gasteiger partial charge in [0.15, 0.2) is 0 Å². The predicted molar refractivity (Wildman–Crippen MR) is 34.8 cm³/mol. The van der Waals surface area contributed by atoms with Crippen molar-refractivity contribution in [3.63, 3.8) is 0 Å². The summed E-state index contributed by atoms with van der Waals surface area (Å²) in [6.07, 6.45) is 2.82. The molecule has 0 aliphatic carbocycles. The first-order valence-corrected chi connectivity index (χ1v) is 2.65. The van der Waals surface area contributed by atoms with Gasteiger partial charge in [0.25, 0.3) is 0 Å². The number of carbonyl (C=O) groups is 1. The van der Waals surface area contributed by atoms with Gasteiger partial charge in [0.1, 0.15) is 0 Å². The van der Waals surface area contributed by atoms with Gasteiger partial charge in [-0.2, -0.15) is 0 Å². The Morgan fingerprint density at radius 3 is 2.56 bits per heavy atom. The molecule has 0 aliphatic rings. The summed E-state index contributed by atoms with van der Waals surface area (Å²) < 4.78 is 0. The third-order valence-corrected chi connectivity index (χ3v) is 0.808. The minimum Gasteiger partial charge on any atom is -0.478 e. The van der Waals surface area contributed by atoms with Crippen molar-refractivity contribution in [1.29, 1.82) is 5.41 Å². The molecule has 50 valence electrons. The van der Waals surface area contributed by atoms with Crippen LogP contribution in [0.25, 0.3) is 0 Å². The van der Waals surface area contributed by atoms with Crippen LogP contribution in [0, 0.1) is 5.41 Å². The summed E-state index contributed by atoms with van der Waals surface area (Å²) in [6, 6.07) is 0. The summed E-state index contributed by atoms with van der Waals surface area (Å²) in [6.45, 7) is 1.80. The quantitative estimate of drug-likeness (QED) is 0.439. The lowest BCUT2D eigenvalue weighted by Crippen LogP contribution is -1.91. The summed E-state index contributed by atoms with van der Waals surface area (Å²) in [4.78, 5) is 9.84. The van der Waals surface area contributed by atoms with Crippen molar-refractivity contribution in [3.8, 4) is 0 Å². The highest BCUT2D eigenvalue weighted by atomic mass is 16.4. The minimum atomic E-state index is -1.01. The maximum absolute atomic E-state index is 9.84. The first kappa shape index (κ1) is 7.88. The Morgan fingerprint density at radius 1 is 1.67 bits per heavy atom. The van der Waals surface area contributed by atoms with E-state index in [1.165, 1.54) is 6.08 Å². The molecule has 0 spiro atoms. The van der Waals surface area contributed by atoms with Crippen molar-refractivity contribution in [2.75, 3.05) is 0 Å². The summed E-state index contributed by atoms with van der Waals surface area (Å²) in [5.41, 5.74) is 0.331. The molecule has 0 aliphatic heterocycles. The summed E-state index contributed by atoms with van der Waals surface area (Å²) in [7, 11) is 0. The second-order valence-corrected chi connectivity index (χ2v) is 1.55. The van der Waals surface area contributed by atoms with Gasteiger partial charge >= 0.3 is 5.97 Å². The van der Waals surface area contributed by atoms with Crippen LogP contribution in [0.1, 0.15) is 13.3 Å². The SMILES string of the molecule is CCC(=N)/C=C/C(=O)O. The van der Waals surface area contributed by atoms with Gasteiger partial charge in [0.2, 0.25) is 0 Å². The average Bonchev–Trinajstić information content (AvgIpc) is 1.83. The van der Waals surface area contributed by atoms with E-state index in [2.05, 4.69) is 0 Å². The Balaban J connectivity index is 3.71. The third-order valence-electron chi connectivity index (χ3n) is 0.808. The molecule has 0 aromatic heterocycles. The van der Waals surface area contributed by atoms with Gasteiger partial charge in [0.05, 0.1) is 0 Å². The number of allylic oxidation sites excluding steroid dienone is 1. The molecule has 0 atom stereocenters. The molecule has 0 aromatic carbocycles. The number of rotatable bonds is 3. The minimum absolute atomic E-state index is 0.331. The first-order chi connectivity index (χ1) is 4.16. The molecule has 0 radical (unpaired) electrons. The van der Waals surface area contributed by atoms with Crippen LogP contribution < -0.4 is 0 Å². The molecule has 0 unspecified atom stereocenters. The van der Waals surface area contributed by atoms with E-state index in [0.29, 0.717) is 12.1 Å². The van der Waals surface area contributed by atoms with Crippen molar-refractivity contribution in [1.82, 2.24) is 0 Å². The van der Waals surface area contributed by atoms with Crippen LogP contribution in [0.15, 0.2) is 12.2 Å². The molecule has 3 nitrogen and oxygen atoms in total. The number of carboxylic acids is 1. The summed E-state index contributed by atoms with van der Waals surface area (Å²) in [5.74, 6) is -1.01. The van der Waals surface area contributed by atoms with Gasteiger partial charge in [0, 0.05) is 11.8 Å². The molecular weight excluding hydrogens is 118 g/mol. The Hall–Kier alpha value is -1.12. The van der Waals surface area contributed by atoms with Crippen LogP contribution in [0.2, 0.25) is 0 Å². The highest BCUT2D eigenvalue weighted by molar-refractivity contribution is 5.96. The van der Waals surface area contributed by atoms with Gasteiger partial charge in [-0.05, 0) is 12.5 Å². The number of hydrogen-bond acceptors (Lipinski definition) is 2. The third kappa shape index (κ3) is 4.74. The molecule has 0 rings (SSSR count). The Labute approximate surface area is 53.5 Å². The lowest BCUT2D eigenvalue weighted by atomic mass is 10.3. The number of aliphatic carboxylic acids is 1. The largest absolute Gasteiger partial charge is 0.478 e. The second kappa shape index (κ2) is 3.83. The van der Waals surface area contributed by atoms with E-state index >= 15 is 0 Å². The van der Waals surface area contributed by atoms with Crippen molar-refractivity contribution in [3.05, 3.63) is 12.2 Å². The van der Waals surface area contributed by atoms with Gasteiger partial charge in [-0.25, -0.2) is 4.79 Å². The van der Waals surface area contributed by atoms with Crippen LogP contribution in [0.4, 0.5) is 0 Å². The molecule has 0 fully saturated rings. The molecule has 0 saturated carbocycles. The molecular formula is C6H9NO2. The zero-order valence-electron chi connectivity index (χ0n) is 5.22. The lowest BCUT2D eigenvalue weighted by Gasteiger charge is -1.84. The Morgan fingerprint density at radius 2 is 2.22 bits per heavy atom. The van der Waals surface area contributed by atoms with Crippen LogP contribution >= 0.6 is 0 Å². The normalized spacial score (nSPS) is 9.89. The summed E-state index contributed by atoms with van der Waals surface area (Å²) >= 11 is 0. The molecule has 0 saturated heterocycles. The fraction of sp³-hybridized carbons (Fsp3) is 0.333. The van der Waals surface area contributed by atoms with E-state index < -0.39 is 5.97 Å². The van der Waals surface area contributed by atoms with E-state index in [4.69, 9.17) is 10.5 Å². The Kier molecular flexibility index (Phi) is 3.35. The zero-order chi connectivity index (χ0) is 7.28. The summed E-state index contributed by atoms with van der Waals surface area (Å²) in [5, 5.41) is 15.1. The Bertz CT molecular complexity index is 149. The average molecular weight is 127 g/mol. The van der Waals surface area contributed by atoms with Crippen LogP contribution in [0.3, 0.4) is 0 Å². The van der Waals surface area contributed by atoms with E-state index in [1.807, 2.05) is 0 Å². The van der Waals surface area contributed by atoms with Gasteiger partial charge in [-0.15, -0.1) is 0 Å². The zero-order valence-corrected chi connectivity index (χ0v) is 5.22. The van der Waals surface area contributed by atoms with Gasteiger partial charge in [-0.3, -0.25) is 0 Å². The molecule has 0 bridgehead atoms. The van der Waals surface area contributed by atoms with Gasteiger partial charge < -0.3 is 10.5 Å².